The molecule has 0 aliphatic carbocycles. The molecule has 1 atom stereocenters. The minimum Gasteiger partial charge on any atom is -0.493 e. The van der Waals surface area contributed by atoms with Crippen molar-refractivity contribution in [1.29, 1.82) is 0 Å². The summed E-state index contributed by atoms with van der Waals surface area (Å²) in [5.74, 6) is 1.64. The number of nitrogens with one attached hydrogen (secondary N) is 1. The van der Waals surface area contributed by atoms with Crippen LogP contribution in [0.25, 0.3) is 0 Å². The van der Waals surface area contributed by atoms with Crippen molar-refractivity contribution >= 4 is 15.9 Å². The molecule has 0 aromatic heterocycles. The highest BCUT2D eigenvalue weighted by atomic mass is 79.9. The van der Waals surface area contributed by atoms with E-state index in [0.29, 0.717) is 6.04 Å². The fourth-order valence-electron chi connectivity index (χ4n) is 2.50. The highest BCUT2D eigenvalue weighted by molar-refractivity contribution is 9.10. The van der Waals surface area contributed by atoms with Gasteiger partial charge in [0.25, 0.3) is 0 Å². The molecule has 0 radical (unpaired) electrons. The van der Waals surface area contributed by atoms with Crippen LogP contribution in [0.5, 0.6) is 11.5 Å². The molecular formula is C14H20BrNO2. The summed E-state index contributed by atoms with van der Waals surface area (Å²) >= 11 is 3.61. The average Bonchev–Trinajstić information content (AvgIpc) is 2.42. The van der Waals surface area contributed by atoms with E-state index in [0.717, 1.165) is 28.9 Å². The summed E-state index contributed by atoms with van der Waals surface area (Å²) in [5.41, 5.74) is 1.19. The first kappa shape index (κ1) is 13.7. The van der Waals surface area contributed by atoms with Crippen LogP contribution in [0.15, 0.2) is 16.6 Å². The SMILES string of the molecule is COc1ccc(Br)c(CC2CCCCN2)c1OC. The van der Waals surface area contributed by atoms with E-state index in [1.54, 1.807) is 14.2 Å². The first-order chi connectivity index (χ1) is 8.76. The fourth-order valence-corrected chi connectivity index (χ4v) is 2.98. The maximum atomic E-state index is 5.51. The van der Waals surface area contributed by atoms with Crippen molar-refractivity contribution in [3.8, 4) is 11.5 Å². The van der Waals surface area contributed by atoms with Gasteiger partial charge < -0.3 is 14.8 Å². The van der Waals surface area contributed by atoms with Crippen LogP contribution in [-0.2, 0) is 6.42 Å². The lowest BCUT2D eigenvalue weighted by Crippen LogP contribution is -2.35. The summed E-state index contributed by atoms with van der Waals surface area (Å²) in [5, 5.41) is 3.57. The summed E-state index contributed by atoms with van der Waals surface area (Å²) in [6.07, 6.45) is 4.79. The summed E-state index contributed by atoms with van der Waals surface area (Å²) in [6, 6.07) is 4.50. The highest BCUT2D eigenvalue weighted by Gasteiger charge is 2.19. The Bertz CT molecular complexity index is 403. The predicted octanol–water partition coefficient (Wildman–Crippen LogP) is 3.15. The van der Waals surface area contributed by atoms with Crippen molar-refractivity contribution in [2.75, 3.05) is 20.8 Å². The molecule has 1 fully saturated rings. The van der Waals surface area contributed by atoms with Crippen LogP contribution in [0.2, 0.25) is 0 Å². The van der Waals surface area contributed by atoms with Gasteiger partial charge >= 0.3 is 0 Å². The Morgan fingerprint density at radius 3 is 2.72 bits per heavy atom. The average molecular weight is 314 g/mol. The van der Waals surface area contributed by atoms with Crippen LogP contribution in [0, 0.1) is 0 Å². The molecule has 0 amide bonds. The number of benzene rings is 1. The number of hydrogen-bond acceptors (Lipinski definition) is 3. The number of halogens is 1. The van der Waals surface area contributed by atoms with Crippen LogP contribution >= 0.6 is 15.9 Å². The van der Waals surface area contributed by atoms with Gasteiger partial charge in [0.15, 0.2) is 11.5 Å². The zero-order valence-electron chi connectivity index (χ0n) is 11.0. The van der Waals surface area contributed by atoms with Gasteiger partial charge in [-0.05, 0) is 37.9 Å². The molecule has 1 aliphatic rings. The maximum Gasteiger partial charge on any atom is 0.165 e. The van der Waals surface area contributed by atoms with Crippen LogP contribution in [-0.4, -0.2) is 26.8 Å². The van der Waals surface area contributed by atoms with Gasteiger partial charge in [-0.2, -0.15) is 0 Å². The Kier molecular flexibility index (Phi) is 4.89. The molecule has 0 bridgehead atoms. The molecule has 3 nitrogen and oxygen atoms in total. The number of ether oxygens (including phenoxy) is 2. The number of methoxy groups -OCH3 is 2. The minimum atomic E-state index is 0.538. The van der Waals surface area contributed by atoms with Gasteiger partial charge in [0.2, 0.25) is 0 Å². The molecule has 1 saturated heterocycles. The molecule has 100 valence electrons. The third kappa shape index (κ3) is 2.98. The molecule has 1 aliphatic heterocycles. The van der Waals surface area contributed by atoms with Crippen molar-refractivity contribution in [1.82, 2.24) is 5.32 Å². The van der Waals surface area contributed by atoms with Crippen LogP contribution in [0.3, 0.4) is 0 Å². The monoisotopic (exact) mass is 313 g/mol. The minimum absolute atomic E-state index is 0.538. The van der Waals surface area contributed by atoms with E-state index >= 15 is 0 Å². The first-order valence-electron chi connectivity index (χ1n) is 6.39. The maximum absolute atomic E-state index is 5.51. The van der Waals surface area contributed by atoms with Crippen LogP contribution in [0.1, 0.15) is 24.8 Å². The lowest BCUT2D eigenvalue weighted by molar-refractivity contribution is 0.345. The molecule has 1 N–H and O–H groups in total. The van der Waals surface area contributed by atoms with Gasteiger partial charge in [-0.1, -0.05) is 22.4 Å². The molecular weight excluding hydrogens is 294 g/mol. The van der Waals surface area contributed by atoms with Crippen molar-refractivity contribution in [2.45, 2.75) is 31.7 Å². The third-order valence-corrected chi connectivity index (χ3v) is 4.20. The molecule has 18 heavy (non-hydrogen) atoms. The Balaban J connectivity index is 2.24. The van der Waals surface area contributed by atoms with E-state index < -0.39 is 0 Å². The Morgan fingerprint density at radius 1 is 1.28 bits per heavy atom. The molecule has 4 heteroatoms. The first-order valence-corrected chi connectivity index (χ1v) is 7.18. The van der Waals surface area contributed by atoms with Gasteiger partial charge in [-0.25, -0.2) is 0 Å². The van der Waals surface area contributed by atoms with Crippen LogP contribution < -0.4 is 14.8 Å². The summed E-state index contributed by atoms with van der Waals surface area (Å²) < 4.78 is 12.0. The van der Waals surface area contributed by atoms with Gasteiger partial charge in [0.1, 0.15) is 0 Å². The predicted molar refractivity (Wildman–Crippen MR) is 76.6 cm³/mol. The van der Waals surface area contributed by atoms with E-state index in [2.05, 4.69) is 21.2 Å². The van der Waals surface area contributed by atoms with Crippen molar-refractivity contribution in [2.24, 2.45) is 0 Å². The second-order valence-electron chi connectivity index (χ2n) is 4.61. The topological polar surface area (TPSA) is 30.5 Å². The second-order valence-corrected chi connectivity index (χ2v) is 5.47. The van der Waals surface area contributed by atoms with Crippen molar-refractivity contribution < 1.29 is 9.47 Å². The Labute approximate surface area is 117 Å². The molecule has 1 aromatic rings. The summed E-state index contributed by atoms with van der Waals surface area (Å²) in [7, 11) is 3.37. The molecule has 2 rings (SSSR count). The summed E-state index contributed by atoms with van der Waals surface area (Å²) in [6.45, 7) is 1.12. The van der Waals surface area contributed by atoms with Crippen LogP contribution in [0.4, 0.5) is 0 Å². The fraction of sp³-hybridized carbons (Fsp3) is 0.571. The lowest BCUT2D eigenvalue weighted by Gasteiger charge is -2.25. The van der Waals surface area contributed by atoms with Crippen molar-refractivity contribution in [3.05, 3.63) is 22.2 Å². The van der Waals surface area contributed by atoms with Gasteiger partial charge in [-0.15, -0.1) is 0 Å². The normalized spacial score (nSPS) is 19.6. The van der Waals surface area contributed by atoms with E-state index in [1.165, 1.54) is 24.8 Å². The smallest absolute Gasteiger partial charge is 0.165 e. The molecule has 0 spiro atoms. The van der Waals surface area contributed by atoms with Crippen molar-refractivity contribution in [3.63, 3.8) is 0 Å². The Morgan fingerprint density at radius 2 is 2.11 bits per heavy atom. The van der Waals surface area contributed by atoms with Gasteiger partial charge in [-0.3, -0.25) is 0 Å². The molecule has 1 unspecified atom stereocenters. The van der Waals surface area contributed by atoms with E-state index in [-0.39, 0.29) is 0 Å². The molecule has 0 saturated carbocycles. The largest absolute Gasteiger partial charge is 0.493 e. The zero-order chi connectivity index (χ0) is 13.0. The second kappa shape index (κ2) is 6.43. The van der Waals surface area contributed by atoms with E-state index in [4.69, 9.17) is 9.47 Å². The highest BCUT2D eigenvalue weighted by Crippen LogP contribution is 2.37. The van der Waals surface area contributed by atoms with Gasteiger partial charge in [0.05, 0.1) is 14.2 Å². The molecule has 1 aromatic carbocycles. The standard InChI is InChI=1S/C14H20BrNO2/c1-17-13-7-6-12(15)11(14(13)18-2)9-10-5-3-4-8-16-10/h6-7,10,16H,3-5,8-9H2,1-2H3. The summed E-state index contributed by atoms with van der Waals surface area (Å²) in [4.78, 5) is 0. The number of piperidine rings is 1. The van der Waals surface area contributed by atoms with E-state index in [9.17, 15) is 0 Å². The Hall–Kier alpha value is -0.740. The zero-order valence-corrected chi connectivity index (χ0v) is 12.5. The van der Waals surface area contributed by atoms with E-state index in [1.807, 2.05) is 12.1 Å². The third-order valence-electron chi connectivity index (χ3n) is 3.45. The van der Waals surface area contributed by atoms with Gasteiger partial charge in [0, 0.05) is 16.1 Å². The lowest BCUT2D eigenvalue weighted by atomic mass is 9.97. The number of hydrogen-bond donors (Lipinski definition) is 1. The molecule has 1 heterocycles. The quantitative estimate of drug-likeness (QED) is 0.926. The number of rotatable bonds is 4.